The summed E-state index contributed by atoms with van der Waals surface area (Å²) in [5.41, 5.74) is 7.85. The average Bonchev–Trinajstić information content (AvgIpc) is 2.48. The lowest BCUT2D eigenvalue weighted by molar-refractivity contribution is 0.0696. The maximum atomic E-state index is 10.7. The predicted molar refractivity (Wildman–Crippen MR) is 50.6 cm³/mol. The molecule has 1 unspecified atom stereocenters. The van der Waals surface area contributed by atoms with Gasteiger partial charge in [0.25, 0.3) is 0 Å². The Kier molecular flexibility index (Phi) is 1.93. The molecule has 1 heterocycles. The molecule has 1 aromatic rings. The SMILES string of the molecule is Cc1cc(C(=O)O)cc2c1C(N)CO2. The fraction of sp³-hybridized carbons (Fsp3) is 0.300. The van der Waals surface area contributed by atoms with Crippen LogP contribution in [0.4, 0.5) is 0 Å². The van der Waals surface area contributed by atoms with Crippen LogP contribution in [0.15, 0.2) is 12.1 Å². The van der Waals surface area contributed by atoms with Crippen molar-refractivity contribution in [1.82, 2.24) is 0 Å². The number of nitrogens with two attached hydrogens (primary N) is 1. The molecule has 4 nitrogen and oxygen atoms in total. The highest BCUT2D eigenvalue weighted by Gasteiger charge is 2.24. The fourth-order valence-corrected chi connectivity index (χ4v) is 1.75. The molecule has 14 heavy (non-hydrogen) atoms. The molecule has 1 aliphatic rings. The molecule has 1 aromatic carbocycles. The Labute approximate surface area is 81.3 Å². The monoisotopic (exact) mass is 193 g/mol. The summed E-state index contributed by atoms with van der Waals surface area (Å²) in [5, 5.41) is 8.82. The number of benzene rings is 1. The highest BCUT2D eigenvalue weighted by molar-refractivity contribution is 5.88. The highest BCUT2D eigenvalue weighted by atomic mass is 16.5. The minimum Gasteiger partial charge on any atom is -0.491 e. The van der Waals surface area contributed by atoms with E-state index in [1.165, 1.54) is 6.07 Å². The van der Waals surface area contributed by atoms with Crippen LogP contribution in [0.1, 0.15) is 27.5 Å². The fourth-order valence-electron chi connectivity index (χ4n) is 1.75. The van der Waals surface area contributed by atoms with E-state index in [9.17, 15) is 4.79 Å². The minimum atomic E-state index is -0.944. The van der Waals surface area contributed by atoms with Gasteiger partial charge < -0.3 is 15.6 Å². The van der Waals surface area contributed by atoms with Crippen LogP contribution >= 0.6 is 0 Å². The van der Waals surface area contributed by atoms with Gasteiger partial charge in [-0.3, -0.25) is 0 Å². The number of aryl methyl sites for hydroxylation is 1. The maximum absolute atomic E-state index is 10.7. The number of carboxylic acids is 1. The van der Waals surface area contributed by atoms with Gasteiger partial charge in [-0.2, -0.15) is 0 Å². The van der Waals surface area contributed by atoms with Gasteiger partial charge in [-0.25, -0.2) is 4.79 Å². The molecule has 0 spiro atoms. The average molecular weight is 193 g/mol. The van der Waals surface area contributed by atoms with Gasteiger partial charge in [-0.15, -0.1) is 0 Å². The van der Waals surface area contributed by atoms with Gasteiger partial charge in [0.2, 0.25) is 0 Å². The number of rotatable bonds is 1. The van der Waals surface area contributed by atoms with Gasteiger partial charge >= 0.3 is 5.97 Å². The Morgan fingerprint density at radius 2 is 2.36 bits per heavy atom. The summed E-state index contributed by atoms with van der Waals surface area (Å²) in [6.07, 6.45) is 0. The molecule has 74 valence electrons. The molecule has 0 aliphatic carbocycles. The Morgan fingerprint density at radius 1 is 1.64 bits per heavy atom. The lowest BCUT2D eigenvalue weighted by Crippen LogP contribution is -2.11. The molecule has 2 rings (SSSR count). The summed E-state index contributed by atoms with van der Waals surface area (Å²) in [6.45, 7) is 2.28. The van der Waals surface area contributed by atoms with Gasteiger partial charge in [-0.1, -0.05) is 0 Å². The lowest BCUT2D eigenvalue weighted by Gasteiger charge is -2.06. The van der Waals surface area contributed by atoms with Crippen LogP contribution in [-0.4, -0.2) is 17.7 Å². The van der Waals surface area contributed by atoms with Crippen molar-refractivity contribution in [3.8, 4) is 5.75 Å². The first kappa shape index (κ1) is 9.02. The van der Waals surface area contributed by atoms with Crippen molar-refractivity contribution in [3.63, 3.8) is 0 Å². The zero-order valence-electron chi connectivity index (χ0n) is 7.78. The zero-order chi connectivity index (χ0) is 10.3. The van der Waals surface area contributed by atoms with Crippen molar-refractivity contribution in [1.29, 1.82) is 0 Å². The van der Waals surface area contributed by atoms with Gasteiger partial charge in [0.15, 0.2) is 0 Å². The predicted octanol–water partition coefficient (Wildman–Crippen LogP) is 1.09. The molecule has 0 saturated heterocycles. The van der Waals surface area contributed by atoms with E-state index in [1.807, 2.05) is 6.92 Å². The maximum Gasteiger partial charge on any atom is 0.335 e. The molecule has 0 bridgehead atoms. The number of fused-ring (bicyclic) bond motifs is 1. The number of hydrogen-bond acceptors (Lipinski definition) is 3. The van der Waals surface area contributed by atoms with E-state index in [-0.39, 0.29) is 11.6 Å². The van der Waals surface area contributed by atoms with Crippen LogP contribution in [0.2, 0.25) is 0 Å². The van der Waals surface area contributed by atoms with Crippen molar-refractivity contribution in [2.24, 2.45) is 5.73 Å². The van der Waals surface area contributed by atoms with Crippen molar-refractivity contribution >= 4 is 5.97 Å². The Balaban J connectivity index is 2.57. The van der Waals surface area contributed by atoms with E-state index < -0.39 is 5.97 Å². The first-order chi connectivity index (χ1) is 6.59. The number of ether oxygens (including phenoxy) is 1. The lowest BCUT2D eigenvalue weighted by atomic mass is 10.0. The molecular formula is C10H11NO3. The minimum absolute atomic E-state index is 0.132. The van der Waals surface area contributed by atoms with Crippen LogP contribution in [0.3, 0.4) is 0 Å². The number of aromatic carboxylic acids is 1. The van der Waals surface area contributed by atoms with Crippen molar-refractivity contribution in [2.45, 2.75) is 13.0 Å². The topological polar surface area (TPSA) is 72.5 Å². The Hall–Kier alpha value is -1.55. The third-order valence-electron chi connectivity index (χ3n) is 2.39. The number of carboxylic acid groups (broad SMARTS) is 1. The molecular weight excluding hydrogens is 182 g/mol. The van der Waals surface area contributed by atoms with Gasteiger partial charge in [-0.05, 0) is 24.6 Å². The molecule has 4 heteroatoms. The summed E-state index contributed by atoms with van der Waals surface area (Å²) in [7, 11) is 0. The first-order valence-corrected chi connectivity index (χ1v) is 4.36. The standard InChI is InChI=1S/C10H11NO3/c1-5-2-6(10(12)13)3-8-9(5)7(11)4-14-8/h2-3,7H,4,11H2,1H3,(H,12,13). The molecule has 0 aromatic heterocycles. The van der Waals surface area contributed by atoms with Gasteiger partial charge in [0.05, 0.1) is 11.6 Å². The van der Waals surface area contributed by atoms with E-state index in [0.717, 1.165) is 11.1 Å². The molecule has 1 atom stereocenters. The molecule has 0 radical (unpaired) electrons. The quantitative estimate of drug-likeness (QED) is 0.700. The third-order valence-corrected chi connectivity index (χ3v) is 2.39. The van der Waals surface area contributed by atoms with Gasteiger partial charge in [0, 0.05) is 5.56 Å². The third kappa shape index (κ3) is 1.24. The largest absolute Gasteiger partial charge is 0.491 e. The summed E-state index contributed by atoms with van der Waals surface area (Å²) in [6, 6.07) is 3.01. The number of carbonyl (C=O) groups is 1. The van der Waals surface area contributed by atoms with Gasteiger partial charge in [0.1, 0.15) is 12.4 Å². The molecule has 0 saturated carbocycles. The smallest absolute Gasteiger partial charge is 0.335 e. The van der Waals surface area contributed by atoms with Crippen molar-refractivity contribution in [3.05, 3.63) is 28.8 Å². The Morgan fingerprint density at radius 3 is 3.00 bits per heavy atom. The van der Waals surface area contributed by atoms with Crippen LogP contribution in [-0.2, 0) is 0 Å². The Bertz CT molecular complexity index is 401. The normalized spacial score (nSPS) is 18.9. The van der Waals surface area contributed by atoms with E-state index >= 15 is 0 Å². The highest BCUT2D eigenvalue weighted by Crippen LogP contribution is 2.34. The zero-order valence-corrected chi connectivity index (χ0v) is 7.78. The van der Waals surface area contributed by atoms with Crippen molar-refractivity contribution in [2.75, 3.05) is 6.61 Å². The summed E-state index contributed by atoms with van der Waals surface area (Å²) in [5.74, 6) is -0.338. The van der Waals surface area contributed by atoms with Crippen LogP contribution in [0.5, 0.6) is 5.75 Å². The van der Waals surface area contributed by atoms with E-state index in [1.54, 1.807) is 6.07 Å². The second-order valence-corrected chi connectivity index (χ2v) is 3.43. The summed E-state index contributed by atoms with van der Waals surface area (Å²) < 4.78 is 5.29. The van der Waals surface area contributed by atoms with Crippen LogP contribution in [0, 0.1) is 6.92 Å². The first-order valence-electron chi connectivity index (χ1n) is 4.36. The van der Waals surface area contributed by atoms with Crippen LogP contribution in [0.25, 0.3) is 0 Å². The second kappa shape index (κ2) is 2.99. The summed E-state index contributed by atoms with van der Waals surface area (Å²) in [4.78, 5) is 10.7. The van der Waals surface area contributed by atoms with E-state index in [4.69, 9.17) is 15.6 Å². The van der Waals surface area contributed by atoms with Crippen LogP contribution < -0.4 is 10.5 Å². The molecule has 0 fully saturated rings. The second-order valence-electron chi connectivity index (χ2n) is 3.43. The van der Waals surface area contributed by atoms with Crippen molar-refractivity contribution < 1.29 is 14.6 Å². The summed E-state index contributed by atoms with van der Waals surface area (Å²) >= 11 is 0. The van der Waals surface area contributed by atoms with E-state index in [2.05, 4.69) is 0 Å². The molecule has 1 aliphatic heterocycles. The van der Waals surface area contributed by atoms with E-state index in [0.29, 0.717) is 12.4 Å². The molecule has 0 amide bonds. The molecule has 3 N–H and O–H groups in total. The number of hydrogen-bond donors (Lipinski definition) is 2.